The summed E-state index contributed by atoms with van der Waals surface area (Å²) >= 11 is 0. The van der Waals surface area contributed by atoms with Crippen LogP contribution in [0.1, 0.15) is 26.2 Å². The third-order valence-corrected chi connectivity index (χ3v) is 4.07. The van der Waals surface area contributed by atoms with Crippen molar-refractivity contribution in [3.8, 4) is 11.5 Å². The Balaban J connectivity index is 0.00000288. The lowest BCUT2D eigenvalue weighted by Crippen LogP contribution is -2.43. The molecule has 0 spiro atoms. The summed E-state index contributed by atoms with van der Waals surface area (Å²) in [7, 11) is 3.28. The number of nitrogens with zero attached hydrogens (tertiary/aromatic N) is 1. The topological polar surface area (TPSA) is 76.8 Å². The minimum Gasteiger partial charge on any atom is -0.497 e. The Morgan fingerprint density at radius 1 is 1.20 bits per heavy atom. The zero-order chi connectivity index (χ0) is 16.8. The van der Waals surface area contributed by atoms with Crippen molar-refractivity contribution in [1.29, 1.82) is 0 Å². The van der Waals surface area contributed by atoms with E-state index in [1.54, 1.807) is 14.2 Å². The van der Waals surface area contributed by atoms with E-state index in [2.05, 4.69) is 5.32 Å². The number of carbonyl (C=O) groups excluding carboxylic acids is 1. The molecule has 1 saturated heterocycles. The van der Waals surface area contributed by atoms with Gasteiger partial charge in [0.25, 0.3) is 0 Å². The summed E-state index contributed by atoms with van der Waals surface area (Å²) in [6.07, 6.45) is 2.26. The maximum absolute atomic E-state index is 12.0. The number of piperidine rings is 1. The van der Waals surface area contributed by atoms with E-state index in [1.807, 2.05) is 30.0 Å². The van der Waals surface area contributed by atoms with Crippen molar-refractivity contribution in [3.63, 3.8) is 0 Å². The molecule has 1 fully saturated rings. The smallest absolute Gasteiger partial charge is 0.224 e. The number of amides is 1. The molecular formula is C17H29Cl2N3O3. The standard InChI is InChI=1S/C17H27N3O3.2ClH/c1-12(18)8-17(21)20-6-4-13(5-7-20)19-14-9-15(22-2)11-16(10-14)23-3;;/h9-13,19H,4-8,18H2,1-3H3;2*1H. The monoisotopic (exact) mass is 393 g/mol. The third kappa shape index (κ3) is 7.18. The molecule has 0 bridgehead atoms. The molecular weight excluding hydrogens is 365 g/mol. The van der Waals surface area contributed by atoms with Crippen LogP contribution in [0.25, 0.3) is 0 Å². The SMILES string of the molecule is COc1cc(NC2CCN(C(=O)CC(C)N)CC2)cc(OC)c1.Cl.Cl. The van der Waals surface area contributed by atoms with Crippen LogP contribution in [-0.2, 0) is 4.79 Å². The molecule has 0 saturated carbocycles. The molecule has 6 nitrogen and oxygen atoms in total. The highest BCUT2D eigenvalue weighted by molar-refractivity contribution is 5.85. The average Bonchev–Trinajstić information content (AvgIpc) is 2.54. The highest BCUT2D eigenvalue weighted by atomic mass is 35.5. The van der Waals surface area contributed by atoms with Crippen LogP contribution in [0.3, 0.4) is 0 Å². The number of rotatable bonds is 6. The summed E-state index contributed by atoms with van der Waals surface area (Å²) in [5.41, 5.74) is 6.67. The summed E-state index contributed by atoms with van der Waals surface area (Å²) < 4.78 is 10.6. The molecule has 1 amide bonds. The second-order valence-corrected chi connectivity index (χ2v) is 6.08. The summed E-state index contributed by atoms with van der Waals surface area (Å²) in [5.74, 6) is 1.68. The predicted molar refractivity (Wildman–Crippen MR) is 106 cm³/mol. The number of hydrogen-bond acceptors (Lipinski definition) is 5. The quantitative estimate of drug-likeness (QED) is 0.776. The van der Waals surface area contributed by atoms with Gasteiger partial charge in [-0.15, -0.1) is 24.8 Å². The van der Waals surface area contributed by atoms with E-state index >= 15 is 0 Å². The van der Waals surface area contributed by atoms with Crippen LogP contribution >= 0.6 is 24.8 Å². The van der Waals surface area contributed by atoms with Crippen LogP contribution < -0.4 is 20.5 Å². The van der Waals surface area contributed by atoms with Gasteiger partial charge in [-0.3, -0.25) is 4.79 Å². The van der Waals surface area contributed by atoms with Crippen LogP contribution in [0.2, 0.25) is 0 Å². The largest absolute Gasteiger partial charge is 0.497 e. The van der Waals surface area contributed by atoms with Crippen LogP contribution in [0.15, 0.2) is 18.2 Å². The molecule has 1 aromatic rings. The Bertz CT molecular complexity index is 514. The van der Waals surface area contributed by atoms with Gasteiger partial charge in [0.05, 0.1) is 14.2 Å². The van der Waals surface area contributed by atoms with Crippen LogP contribution in [0.5, 0.6) is 11.5 Å². The zero-order valence-electron chi connectivity index (χ0n) is 15.0. The van der Waals surface area contributed by atoms with E-state index in [-0.39, 0.29) is 36.8 Å². The average molecular weight is 394 g/mol. The maximum atomic E-state index is 12.0. The number of likely N-dealkylation sites (tertiary alicyclic amines) is 1. The summed E-state index contributed by atoms with van der Waals surface area (Å²) in [4.78, 5) is 13.9. The fourth-order valence-corrected chi connectivity index (χ4v) is 2.80. The summed E-state index contributed by atoms with van der Waals surface area (Å²) in [6, 6.07) is 6.01. The van der Waals surface area contributed by atoms with Crippen LogP contribution in [0.4, 0.5) is 5.69 Å². The van der Waals surface area contributed by atoms with E-state index in [0.717, 1.165) is 43.1 Å². The van der Waals surface area contributed by atoms with Crippen LogP contribution in [0, 0.1) is 0 Å². The van der Waals surface area contributed by atoms with Crippen LogP contribution in [-0.4, -0.2) is 50.2 Å². The molecule has 8 heteroatoms. The zero-order valence-corrected chi connectivity index (χ0v) is 16.6. The van der Waals surface area contributed by atoms with Crippen molar-refractivity contribution in [2.75, 3.05) is 32.6 Å². The number of ether oxygens (including phenoxy) is 2. The first-order valence-corrected chi connectivity index (χ1v) is 8.04. The molecule has 3 N–H and O–H groups in total. The normalized spacial score (nSPS) is 15.4. The number of nitrogens with two attached hydrogens (primary N) is 1. The lowest BCUT2D eigenvalue weighted by molar-refractivity contribution is -0.132. The second kappa shape index (κ2) is 11.3. The van der Waals surface area contributed by atoms with Gasteiger partial charge in [-0.25, -0.2) is 0 Å². The summed E-state index contributed by atoms with van der Waals surface area (Å²) in [6.45, 7) is 3.40. The highest BCUT2D eigenvalue weighted by Gasteiger charge is 2.23. The lowest BCUT2D eigenvalue weighted by atomic mass is 10.0. The first-order valence-electron chi connectivity index (χ1n) is 8.04. The van der Waals surface area contributed by atoms with Gasteiger partial charge >= 0.3 is 0 Å². The molecule has 1 aliphatic heterocycles. The molecule has 1 aliphatic rings. The van der Waals surface area contributed by atoms with Crippen molar-refractivity contribution in [2.24, 2.45) is 5.73 Å². The number of hydrogen-bond donors (Lipinski definition) is 2. The molecule has 144 valence electrons. The van der Waals surface area contributed by atoms with Gasteiger partial charge in [-0.2, -0.15) is 0 Å². The molecule has 0 aromatic heterocycles. The summed E-state index contributed by atoms with van der Waals surface area (Å²) in [5, 5.41) is 3.51. The van der Waals surface area contributed by atoms with E-state index in [1.165, 1.54) is 0 Å². The number of carbonyl (C=O) groups is 1. The first kappa shape index (κ1) is 23.6. The molecule has 1 aromatic carbocycles. The molecule has 1 atom stereocenters. The molecule has 0 aliphatic carbocycles. The van der Waals surface area contributed by atoms with Gasteiger partial charge in [-0.05, 0) is 19.8 Å². The fraction of sp³-hybridized carbons (Fsp3) is 0.588. The number of benzene rings is 1. The van der Waals surface area contributed by atoms with E-state index in [0.29, 0.717) is 12.5 Å². The van der Waals surface area contributed by atoms with Gasteiger partial charge < -0.3 is 25.4 Å². The Hall–Kier alpha value is -1.37. The van der Waals surface area contributed by atoms with E-state index < -0.39 is 0 Å². The van der Waals surface area contributed by atoms with Gasteiger partial charge in [-0.1, -0.05) is 0 Å². The molecule has 1 heterocycles. The Morgan fingerprint density at radius 3 is 2.16 bits per heavy atom. The number of nitrogens with one attached hydrogen (secondary N) is 1. The minimum atomic E-state index is -0.0809. The third-order valence-electron chi connectivity index (χ3n) is 4.07. The van der Waals surface area contributed by atoms with E-state index in [9.17, 15) is 4.79 Å². The molecule has 0 radical (unpaired) electrons. The van der Waals surface area contributed by atoms with Crippen molar-refractivity contribution in [2.45, 2.75) is 38.3 Å². The highest BCUT2D eigenvalue weighted by Crippen LogP contribution is 2.27. The number of methoxy groups -OCH3 is 2. The Labute approximate surface area is 162 Å². The molecule has 1 unspecified atom stereocenters. The van der Waals surface area contributed by atoms with Crippen molar-refractivity contribution >= 4 is 36.4 Å². The van der Waals surface area contributed by atoms with Gasteiger partial charge in [0.1, 0.15) is 11.5 Å². The molecule has 25 heavy (non-hydrogen) atoms. The Morgan fingerprint density at radius 2 is 1.72 bits per heavy atom. The van der Waals surface area contributed by atoms with Gasteiger partial charge in [0, 0.05) is 55.5 Å². The fourth-order valence-electron chi connectivity index (χ4n) is 2.80. The lowest BCUT2D eigenvalue weighted by Gasteiger charge is -2.33. The maximum Gasteiger partial charge on any atom is 0.224 e. The predicted octanol–water partition coefficient (Wildman–Crippen LogP) is 2.69. The van der Waals surface area contributed by atoms with Crippen molar-refractivity contribution < 1.29 is 14.3 Å². The number of halogens is 2. The second-order valence-electron chi connectivity index (χ2n) is 6.08. The van der Waals surface area contributed by atoms with Crippen molar-refractivity contribution in [3.05, 3.63) is 18.2 Å². The van der Waals surface area contributed by atoms with Gasteiger partial charge in [0.2, 0.25) is 5.91 Å². The first-order chi connectivity index (χ1) is 11.0. The van der Waals surface area contributed by atoms with Crippen molar-refractivity contribution in [1.82, 2.24) is 4.90 Å². The minimum absolute atomic E-state index is 0. The Kier molecular flexibility index (Phi) is 10.7. The van der Waals surface area contributed by atoms with Gasteiger partial charge in [0.15, 0.2) is 0 Å². The number of anilines is 1. The van der Waals surface area contributed by atoms with E-state index in [4.69, 9.17) is 15.2 Å². The molecule has 2 rings (SSSR count).